The van der Waals surface area contributed by atoms with Crippen molar-refractivity contribution < 1.29 is 53.5 Å². The molecule has 6 rings (SSSR count). The first-order valence-electron chi connectivity index (χ1n) is 22.3. The molecule has 11 heteroatoms. The second-order valence-corrected chi connectivity index (χ2v) is 11.1. The van der Waals surface area contributed by atoms with Crippen molar-refractivity contribution in [3.63, 3.8) is 0 Å². The Morgan fingerprint density at radius 2 is 1.88 bits per heavy atom. The van der Waals surface area contributed by atoms with E-state index in [0.717, 1.165) is 24.3 Å². The Hall–Kier alpha value is -3.67. The summed E-state index contributed by atoms with van der Waals surface area (Å²) < 4.78 is 205. The van der Waals surface area contributed by atoms with Crippen LogP contribution in [0.3, 0.4) is 0 Å². The first kappa shape index (κ1) is 14.4. The molecular formula is C32H38N4O6S. The zero-order chi connectivity index (χ0) is 47.0. The van der Waals surface area contributed by atoms with Gasteiger partial charge in [-0.3, -0.25) is 9.59 Å². The van der Waals surface area contributed by atoms with Gasteiger partial charge in [-0.2, -0.15) is 12.7 Å². The number of amides is 2. The maximum atomic E-state index is 14.7. The minimum Gasteiger partial charge on any atom is -0.497 e. The lowest BCUT2D eigenvalue weighted by Gasteiger charge is -2.24. The summed E-state index contributed by atoms with van der Waals surface area (Å²) in [4.78, 5) is 28.7. The van der Waals surface area contributed by atoms with E-state index in [1.165, 1.54) is 25.3 Å². The summed E-state index contributed by atoms with van der Waals surface area (Å²) in [5.41, 5.74) is -4.66. The topological polar surface area (TPSA) is 110 Å². The van der Waals surface area contributed by atoms with Crippen molar-refractivity contribution in [1.29, 1.82) is 0 Å². The number of nitrogens with zero attached hydrogens (tertiary/aromatic N) is 3. The van der Waals surface area contributed by atoms with Crippen LogP contribution in [0.2, 0.25) is 0 Å². The minimum absolute atomic E-state index is 0.0325. The van der Waals surface area contributed by atoms with Gasteiger partial charge in [0.15, 0.2) is 0 Å². The van der Waals surface area contributed by atoms with Gasteiger partial charge in [0.1, 0.15) is 5.75 Å². The predicted molar refractivity (Wildman–Crippen MR) is 165 cm³/mol. The molecule has 1 fully saturated rings. The van der Waals surface area contributed by atoms with Crippen molar-refractivity contribution in [2.45, 2.75) is 44.3 Å². The summed E-state index contributed by atoms with van der Waals surface area (Å²) in [6.07, 6.45) is -19.4. The van der Waals surface area contributed by atoms with E-state index in [-0.39, 0.29) is 26.1 Å². The number of benzene rings is 2. The second kappa shape index (κ2) is 11.8. The molecule has 1 aromatic heterocycles. The highest BCUT2D eigenvalue weighted by molar-refractivity contribution is 7.87. The van der Waals surface area contributed by atoms with Gasteiger partial charge < -0.3 is 18.9 Å². The van der Waals surface area contributed by atoms with E-state index in [0.29, 0.717) is 4.57 Å². The van der Waals surface area contributed by atoms with Gasteiger partial charge >= 0.3 is 10.2 Å². The number of rotatable bonds is 2. The number of fused-ring (bicyclic) bond motifs is 4. The van der Waals surface area contributed by atoms with Crippen LogP contribution in [0, 0.1) is 0 Å². The zero-order valence-corrected chi connectivity index (χ0v) is 23.4. The van der Waals surface area contributed by atoms with Gasteiger partial charge in [-0.15, -0.1) is 0 Å². The molecule has 10 nitrogen and oxygen atoms in total. The Bertz CT molecular complexity index is 2490. The molecule has 43 heavy (non-hydrogen) atoms. The van der Waals surface area contributed by atoms with Crippen molar-refractivity contribution in [3.8, 4) is 17.0 Å². The molecule has 1 saturated carbocycles. The van der Waals surface area contributed by atoms with E-state index < -0.39 is 140 Å². The maximum Gasteiger partial charge on any atom is 0.303 e. The third-order valence-electron chi connectivity index (χ3n) is 6.91. The molecule has 0 saturated heterocycles. The lowest BCUT2D eigenvalue weighted by Crippen LogP contribution is -2.42. The minimum atomic E-state index is -5.30. The van der Waals surface area contributed by atoms with Crippen molar-refractivity contribution in [2.75, 3.05) is 47.4 Å². The van der Waals surface area contributed by atoms with E-state index in [1.807, 2.05) is 0 Å². The molecule has 228 valence electrons. The van der Waals surface area contributed by atoms with Crippen LogP contribution < -0.4 is 9.46 Å². The van der Waals surface area contributed by atoms with Gasteiger partial charge in [-0.1, -0.05) is 25.2 Å². The molecule has 2 aliphatic heterocycles. The largest absolute Gasteiger partial charge is 0.497 e. The van der Waals surface area contributed by atoms with E-state index in [1.54, 1.807) is 4.72 Å². The lowest BCUT2D eigenvalue weighted by atomic mass is 9.81. The average Bonchev–Trinajstić information content (AvgIpc) is 3.44. The van der Waals surface area contributed by atoms with Gasteiger partial charge in [0, 0.05) is 77.9 Å². The van der Waals surface area contributed by atoms with Crippen molar-refractivity contribution in [3.05, 3.63) is 58.7 Å². The van der Waals surface area contributed by atoms with E-state index in [4.69, 9.17) is 31.4 Å². The number of aromatic nitrogens is 1. The Kier molecular flexibility index (Phi) is 3.95. The van der Waals surface area contributed by atoms with Crippen LogP contribution in [0.1, 0.15) is 85.3 Å². The molecule has 4 bridgehead atoms. The Morgan fingerprint density at radius 1 is 1.07 bits per heavy atom. The number of carbonyl (C=O) groups excluding carboxylic acids is 2. The van der Waals surface area contributed by atoms with Gasteiger partial charge in [0.25, 0.3) is 11.8 Å². The average molecular weight is 626 g/mol. The number of hydrogen-bond acceptors (Lipinski definition) is 6. The zero-order valence-electron chi connectivity index (χ0n) is 41.6. The van der Waals surface area contributed by atoms with E-state index in [2.05, 4.69) is 0 Å². The summed E-state index contributed by atoms with van der Waals surface area (Å²) >= 11 is 0. The third-order valence-corrected chi connectivity index (χ3v) is 8.12. The normalized spacial score (nSPS) is 35.3. The van der Waals surface area contributed by atoms with Gasteiger partial charge in [0.05, 0.1) is 35.3 Å². The molecule has 1 aliphatic carbocycles. The van der Waals surface area contributed by atoms with Crippen LogP contribution >= 0.6 is 0 Å². The molecule has 2 aromatic carbocycles. The van der Waals surface area contributed by atoms with Crippen molar-refractivity contribution in [2.24, 2.45) is 0 Å². The van der Waals surface area contributed by atoms with Crippen LogP contribution in [-0.2, 0) is 26.2 Å². The highest BCUT2D eigenvalue weighted by Gasteiger charge is 2.31. The first-order valence-corrected chi connectivity index (χ1v) is 14.3. The molecule has 3 aromatic rings. The fraction of sp³-hybridized carbons (Fsp3) is 0.438. The highest BCUT2D eigenvalue weighted by Crippen LogP contribution is 2.47. The third kappa shape index (κ3) is 5.57. The molecule has 0 atom stereocenters. The van der Waals surface area contributed by atoms with E-state index in [9.17, 15) is 22.1 Å². The number of ether oxygens (including phenoxy) is 2. The number of carbonyl (C=O) groups is 2. The van der Waals surface area contributed by atoms with Crippen LogP contribution in [0.5, 0.6) is 5.75 Å². The van der Waals surface area contributed by atoms with Crippen LogP contribution in [0.4, 0.5) is 0 Å². The second-order valence-electron chi connectivity index (χ2n) is 9.49. The Balaban J connectivity index is 1.85. The fourth-order valence-electron chi connectivity index (χ4n) is 4.85. The lowest BCUT2D eigenvalue weighted by molar-refractivity contribution is -0.126. The summed E-state index contributed by atoms with van der Waals surface area (Å²) in [6.45, 7) is -13.4. The van der Waals surface area contributed by atoms with Gasteiger partial charge in [-0.25, -0.2) is 4.72 Å². The fourth-order valence-corrected chi connectivity index (χ4v) is 5.63. The first-order chi connectivity index (χ1) is 28.0. The summed E-state index contributed by atoms with van der Waals surface area (Å²) in [5.74, 6) is -7.00. The van der Waals surface area contributed by atoms with Crippen LogP contribution in [0.15, 0.2) is 42.0 Å². The number of hydrogen-bond donors (Lipinski definition) is 1. The highest BCUT2D eigenvalue weighted by atomic mass is 32.2. The number of likely N-dealkylation sites (N-methyl/N-ethyl adjacent to an activating group) is 2. The van der Waals surface area contributed by atoms with Crippen LogP contribution in [0.25, 0.3) is 28.2 Å². The van der Waals surface area contributed by atoms with E-state index >= 15 is 0 Å². The number of nitrogens with one attached hydrogen (secondary N) is 1. The molecule has 0 unspecified atom stereocenters. The molecular weight excluding hydrogens is 568 g/mol. The smallest absolute Gasteiger partial charge is 0.303 e. The summed E-state index contributed by atoms with van der Waals surface area (Å²) in [6, 6.07) is 6.10. The standard InChI is InChI=1S/C32H38N4O6S/c1-34-13-15-42-16-14-35(2)43(39,40)33-31(37)22-9-11-27-28(19-22)36-20-24(32(34)38)17-23-18-25(41-3)10-12-26(23)30(36)29(27)21-7-5-4-6-8-21/h9-12,17-19,21H,4-8,13-16,20H2,1-3H3,(H,33,37)/i1D3,2D3,4D2,5D2,6D2,7D2,8D2,20D2,21D. The van der Waals surface area contributed by atoms with Crippen molar-refractivity contribution in [1.82, 2.24) is 18.5 Å². The van der Waals surface area contributed by atoms with Gasteiger partial charge in [-0.05, 0) is 66.2 Å². The Labute approximate surface area is 279 Å². The Morgan fingerprint density at radius 3 is 2.65 bits per heavy atom. The molecule has 2 amide bonds. The molecule has 0 spiro atoms. The molecule has 1 N–H and O–H groups in total. The summed E-state index contributed by atoms with van der Waals surface area (Å²) in [7, 11) is -4.07. The van der Waals surface area contributed by atoms with Crippen molar-refractivity contribution >= 4 is 39.0 Å². The molecule has 3 aliphatic rings. The monoisotopic (exact) mass is 625 g/mol. The molecule has 0 radical (unpaired) electrons. The summed E-state index contributed by atoms with van der Waals surface area (Å²) in [5, 5.41) is -0.612. The predicted octanol–water partition coefficient (Wildman–Crippen LogP) is 4.16. The molecule has 3 heterocycles. The van der Waals surface area contributed by atoms with Gasteiger partial charge in [0.2, 0.25) is 0 Å². The maximum absolute atomic E-state index is 14.7. The quantitative estimate of drug-likeness (QED) is 0.458. The SMILES string of the molecule is [2H]C([2H])([2H])N1CCOCCN(C([2H])([2H])[2H])S(=O)(=O)NC(=O)c2ccc3c(C4([2H])C([2H])([2H])C([2H])([2H])C([2H])([2H])C([2H])([2H])C4([2H])[2H])c4n(c3c2)C([2H])([2H])C(=Cc2cc(OC)ccc2-4)C1=O. The van der Waals surface area contributed by atoms with Crippen LogP contribution in [-0.4, -0.2) is 81.4 Å². The number of methoxy groups -OCH3 is 1.